The van der Waals surface area contributed by atoms with Crippen LogP contribution in [-0.2, 0) is 0 Å². The van der Waals surface area contributed by atoms with Gasteiger partial charge in [-0.2, -0.15) is 0 Å². The molecular weight excluding hydrogens is 296 g/mol. The third-order valence-electron chi connectivity index (χ3n) is 4.71. The topological polar surface area (TPSA) is 62.2 Å². The van der Waals surface area contributed by atoms with E-state index in [0.717, 1.165) is 23.5 Å². The Morgan fingerprint density at radius 2 is 2.04 bits per heavy atom. The van der Waals surface area contributed by atoms with E-state index < -0.39 is 6.10 Å². The minimum Gasteiger partial charge on any atom is -0.454 e. The number of nitrogens with zero attached hydrogens (tertiary/aromatic N) is 2. The number of amides is 2. The molecule has 2 aliphatic heterocycles. The summed E-state index contributed by atoms with van der Waals surface area (Å²) in [4.78, 5) is 15.9. The summed E-state index contributed by atoms with van der Waals surface area (Å²) in [7, 11) is 0. The average molecular weight is 320 g/mol. The molecule has 2 amide bonds. The number of rotatable bonds is 3. The summed E-state index contributed by atoms with van der Waals surface area (Å²) in [5.74, 6) is 1.50. The highest BCUT2D eigenvalue weighted by atomic mass is 16.7. The van der Waals surface area contributed by atoms with E-state index in [1.54, 1.807) is 9.80 Å². The summed E-state index contributed by atoms with van der Waals surface area (Å²) in [6, 6.07) is 5.82. The zero-order valence-electron chi connectivity index (χ0n) is 13.7. The number of hydrogen-bond donors (Lipinski definition) is 1. The molecule has 23 heavy (non-hydrogen) atoms. The van der Waals surface area contributed by atoms with E-state index in [-0.39, 0.29) is 18.7 Å². The molecule has 2 heterocycles. The fraction of sp³-hybridized carbons (Fsp3) is 0.588. The number of aliphatic hydroxyl groups excluding tert-OH is 1. The number of carbonyl (C=O) groups excluding carboxylic acids is 1. The second-order valence-electron chi connectivity index (χ2n) is 5.98. The number of urea groups is 1. The highest BCUT2D eigenvalue weighted by Crippen LogP contribution is 2.37. The number of fused-ring (bicyclic) bond motifs is 1. The molecule has 0 aromatic heterocycles. The molecule has 0 spiro atoms. The summed E-state index contributed by atoms with van der Waals surface area (Å²) in [6.07, 6.45) is 0.178. The first-order valence-corrected chi connectivity index (χ1v) is 8.25. The van der Waals surface area contributed by atoms with Gasteiger partial charge in [0.05, 0.1) is 6.10 Å². The Balaban J connectivity index is 1.68. The Kier molecular flexibility index (Phi) is 4.61. The van der Waals surface area contributed by atoms with Crippen molar-refractivity contribution in [3.63, 3.8) is 0 Å². The van der Waals surface area contributed by atoms with Crippen LogP contribution in [0.1, 0.15) is 31.7 Å². The number of ether oxygens (including phenoxy) is 2. The molecule has 0 saturated carbocycles. The highest BCUT2D eigenvalue weighted by molar-refractivity contribution is 5.74. The lowest BCUT2D eigenvalue weighted by Crippen LogP contribution is -2.50. The van der Waals surface area contributed by atoms with Crippen molar-refractivity contribution in [3.05, 3.63) is 23.8 Å². The Morgan fingerprint density at radius 1 is 1.30 bits per heavy atom. The van der Waals surface area contributed by atoms with Crippen LogP contribution < -0.4 is 9.47 Å². The fourth-order valence-corrected chi connectivity index (χ4v) is 3.33. The van der Waals surface area contributed by atoms with Crippen LogP contribution in [-0.4, -0.2) is 60.0 Å². The third-order valence-corrected chi connectivity index (χ3v) is 4.71. The molecule has 0 bridgehead atoms. The number of aliphatic hydroxyl groups is 1. The van der Waals surface area contributed by atoms with Crippen molar-refractivity contribution in [1.29, 1.82) is 0 Å². The van der Waals surface area contributed by atoms with Crippen molar-refractivity contribution in [2.75, 3.05) is 33.0 Å². The van der Waals surface area contributed by atoms with Gasteiger partial charge in [0.15, 0.2) is 11.5 Å². The second-order valence-corrected chi connectivity index (χ2v) is 5.98. The van der Waals surface area contributed by atoms with Crippen LogP contribution in [0, 0.1) is 0 Å². The van der Waals surface area contributed by atoms with E-state index in [2.05, 4.69) is 0 Å². The summed E-state index contributed by atoms with van der Waals surface area (Å²) in [5, 5.41) is 10.5. The lowest BCUT2D eigenvalue weighted by Gasteiger charge is -2.38. The van der Waals surface area contributed by atoms with Crippen molar-refractivity contribution in [2.45, 2.75) is 32.3 Å². The average Bonchev–Trinajstić information content (AvgIpc) is 3.03. The molecule has 126 valence electrons. The van der Waals surface area contributed by atoms with Crippen molar-refractivity contribution in [3.8, 4) is 11.5 Å². The van der Waals surface area contributed by atoms with E-state index >= 15 is 0 Å². The molecule has 3 rings (SSSR count). The zero-order valence-corrected chi connectivity index (χ0v) is 13.7. The van der Waals surface area contributed by atoms with Gasteiger partial charge in [-0.3, -0.25) is 0 Å². The number of β-amino-alcohol motifs (C(OH)–C–C–N with tert-alkyl or cyclic N) is 1. The monoisotopic (exact) mass is 320 g/mol. The van der Waals surface area contributed by atoms with Crippen LogP contribution in [0.25, 0.3) is 0 Å². The fourth-order valence-electron chi connectivity index (χ4n) is 3.33. The smallest absolute Gasteiger partial charge is 0.320 e. The quantitative estimate of drug-likeness (QED) is 0.925. The molecule has 0 radical (unpaired) electrons. The van der Waals surface area contributed by atoms with E-state index in [4.69, 9.17) is 9.47 Å². The molecule has 2 aliphatic rings. The molecule has 0 aliphatic carbocycles. The SMILES string of the molecule is CCN(CC)C(=O)N1CC[C@H](c2ccc3c(c2)OCO3)[C@@H](O)C1. The van der Waals surface area contributed by atoms with E-state index in [1.807, 2.05) is 32.0 Å². The predicted molar refractivity (Wildman–Crippen MR) is 85.8 cm³/mol. The molecule has 6 nitrogen and oxygen atoms in total. The predicted octanol–water partition coefficient (Wildman–Crippen LogP) is 2.03. The second kappa shape index (κ2) is 6.66. The summed E-state index contributed by atoms with van der Waals surface area (Å²) in [6.45, 7) is 6.59. The normalized spacial score (nSPS) is 23.0. The van der Waals surface area contributed by atoms with E-state index in [1.165, 1.54) is 0 Å². The van der Waals surface area contributed by atoms with Crippen molar-refractivity contribution in [1.82, 2.24) is 9.80 Å². The zero-order chi connectivity index (χ0) is 16.4. The van der Waals surface area contributed by atoms with Gasteiger partial charge >= 0.3 is 6.03 Å². The van der Waals surface area contributed by atoms with Crippen LogP contribution in [0.2, 0.25) is 0 Å². The lowest BCUT2D eigenvalue weighted by molar-refractivity contribution is 0.0556. The first-order chi connectivity index (χ1) is 11.1. The maximum atomic E-state index is 12.4. The Hall–Kier alpha value is -1.95. The van der Waals surface area contributed by atoms with Crippen LogP contribution in [0.15, 0.2) is 18.2 Å². The van der Waals surface area contributed by atoms with Gasteiger partial charge in [0.1, 0.15) is 0 Å². The van der Waals surface area contributed by atoms with Crippen LogP contribution >= 0.6 is 0 Å². The van der Waals surface area contributed by atoms with Gasteiger partial charge in [0, 0.05) is 32.1 Å². The van der Waals surface area contributed by atoms with Gasteiger partial charge in [0.25, 0.3) is 0 Å². The molecular formula is C17H24N2O4. The Labute approximate surface area is 136 Å². The molecule has 6 heteroatoms. The van der Waals surface area contributed by atoms with E-state index in [9.17, 15) is 9.90 Å². The van der Waals surface area contributed by atoms with Crippen molar-refractivity contribution >= 4 is 6.03 Å². The number of carbonyl (C=O) groups is 1. The van der Waals surface area contributed by atoms with E-state index in [0.29, 0.717) is 26.2 Å². The van der Waals surface area contributed by atoms with Crippen LogP contribution in [0.3, 0.4) is 0 Å². The number of likely N-dealkylation sites (tertiary alicyclic amines) is 1. The molecule has 1 aromatic carbocycles. The van der Waals surface area contributed by atoms with Gasteiger partial charge in [-0.15, -0.1) is 0 Å². The maximum Gasteiger partial charge on any atom is 0.320 e. The lowest BCUT2D eigenvalue weighted by atomic mass is 9.87. The molecule has 1 saturated heterocycles. The number of hydrogen-bond acceptors (Lipinski definition) is 4. The minimum atomic E-state index is -0.566. The Morgan fingerprint density at radius 3 is 2.74 bits per heavy atom. The standard InChI is InChI=1S/C17H24N2O4/c1-3-18(4-2)17(21)19-8-7-13(14(20)10-19)12-5-6-15-16(9-12)23-11-22-15/h5-6,9,13-14,20H,3-4,7-8,10-11H2,1-2H3/t13-,14+/m1/s1. The molecule has 1 fully saturated rings. The van der Waals surface area contributed by atoms with Crippen LogP contribution in [0.4, 0.5) is 4.79 Å². The molecule has 1 N–H and O–H groups in total. The highest BCUT2D eigenvalue weighted by Gasteiger charge is 2.33. The first kappa shape index (κ1) is 15.9. The van der Waals surface area contributed by atoms with Gasteiger partial charge in [-0.25, -0.2) is 4.79 Å². The minimum absolute atomic E-state index is 0.0122. The van der Waals surface area contributed by atoms with Gasteiger partial charge in [-0.05, 0) is 38.0 Å². The van der Waals surface area contributed by atoms with Crippen molar-refractivity contribution < 1.29 is 19.4 Å². The third kappa shape index (κ3) is 3.08. The van der Waals surface area contributed by atoms with Gasteiger partial charge in [-0.1, -0.05) is 6.07 Å². The first-order valence-electron chi connectivity index (χ1n) is 8.25. The molecule has 1 aromatic rings. The summed E-state index contributed by atoms with van der Waals surface area (Å²) >= 11 is 0. The molecule has 2 atom stereocenters. The Bertz CT molecular complexity index is 574. The largest absolute Gasteiger partial charge is 0.454 e. The number of benzene rings is 1. The van der Waals surface area contributed by atoms with Crippen molar-refractivity contribution in [2.24, 2.45) is 0 Å². The van der Waals surface area contributed by atoms with Crippen LogP contribution in [0.5, 0.6) is 11.5 Å². The summed E-state index contributed by atoms with van der Waals surface area (Å²) in [5.41, 5.74) is 1.04. The summed E-state index contributed by atoms with van der Waals surface area (Å²) < 4.78 is 10.7. The number of piperidine rings is 1. The van der Waals surface area contributed by atoms with Gasteiger partial charge < -0.3 is 24.4 Å². The maximum absolute atomic E-state index is 12.4. The van der Waals surface area contributed by atoms with Gasteiger partial charge in [0.2, 0.25) is 6.79 Å². The molecule has 0 unspecified atom stereocenters.